The number of halogens is 1. The number of hydrogen-bond acceptors (Lipinski definition) is 9. The smallest absolute Gasteiger partial charge is 0.410 e. The Morgan fingerprint density at radius 2 is 1.46 bits per heavy atom. The molecule has 3 aromatic carbocycles. The summed E-state index contributed by atoms with van der Waals surface area (Å²) < 4.78 is 21.4. The van der Waals surface area contributed by atoms with Crippen molar-refractivity contribution in [1.29, 1.82) is 0 Å². The van der Waals surface area contributed by atoms with Gasteiger partial charge in [0.25, 0.3) is 0 Å². The van der Waals surface area contributed by atoms with E-state index >= 15 is 0 Å². The van der Waals surface area contributed by atoms with Crippen molar-refractivity contribution in [1.82, 2.24) is 10.6 Å². The summed E-state index contributed by atoms with van der Waals surface area (Å²) in [7, 11) is 0. The van der Waals surface area contributed by atoms with Crippen molar-refractivity contribution in [2.45, 2.75) is 38.5 Å². The average molecular weight is 583 g/mol. The predicted molar refractivity (Wildman–Crippen MR) is 151 cm³/mol. The molecule has 0 aliphatic carbocycles. The number of rotatable bonds is 10. The summed E-state index contributed by atoms with van der Waals surface area (Å²) in [6.45, 7) is 2.40. The van der Waals surface area contributed by atoms with E-state index in [1.54, 1.807) is 72.8 Å². The molecule has 2 atom stereocenters. The number of nitrogens with one attached hydrogen (secondary N) is 2. The number of amides is 1. The van der Waals surface area contributed by atoms with E-state index in [4.69, 9.17) is 18.9 Å². The van der Waals surface area contributed by atoms with Gasteiger partial charge in [0.2, 0.25) is 6.29 Å². The van der Waals surface area contributed by atoms with Gasteiger partial charge in [-0.15, -0.1) is 12.4 Å². The molecule has 10 nitrogen and oxygen atoms in total. The van der Waals surface area contributed by atoms with E-state index in [0.29, 0.717) is 29.5 Å². The molecular formula is C30H31ClN2O8. The first-order valence-electron chi connectivity index (χ1n) is 12.9. The third-order valence-electron chi connectivity index (χ3n) is 6.02. The van der Waals surface area contributed by atoms with E-state index in [1.165, 1.54) is 13.0 Å². The summed E-state index contributed by atoms with van der Waals surface area (Å²) in [5.41, 5.74) is 1.37. The standard InChI is InChI=1S/C30H30N2O8.ClH/c1-20(37-29(35)24-13-8-17-31-24)38-30(36)32-18-16-21-14-15-25(39-27(33)22-9-4-2-5-10-22)26(19-21)40-28(34)23-11-6-3-7-12-23;/h2-7,9-12,14-15,19-20,24,31H,8,13,16-18H2,1H3,(H,32,36);1H. The van der Waals surface area contributed by atoms with Gasteiger partial charge in [-0.25, -0.2) is 14.4 Å². The Balaban J connectivity index is 0.00000462. The Labute approximate surface area is 243 Å². The number of ether oxygens (including phenoxy) is 4. The molecule has 41 heavy (non-hydrogen) atoms. The second kappa shape index (κ2) is 15.4. The largest absolute Gasteiger partial charge is 0.424 e. The summed E-state index contributed by atoms with van der Waals surface area (Å²) in [6.07, 6.45) is 0.128. The molecule has 1 saturated heterocycles. The van der Waals surface area contributed by atoms with Crippen molar-refractivity contribution in [3.63, 3.8) is 0 Å². The number of benzene rings is 3. The Kier molecular flexibility index (Phi) is 11.7. The molecule has 216 valence electrons. The van der Waals surface area contributed by atoms with E-state index < -0.39 is 30.3 Å². The zero-order valence-electron chi connectivity index (χ0n) is 22.4. The van der Waals surface area contributed by atoms with Gasteiger partial charge < -0.3 is 29.6 Å². The monoisotopic (exact) mass is 582 g/mol. The van der Waals surface area contributed by atoms with Gasteiger partial charge in [-0.2, -0.15) is 0 Å². The number of alkyl carbamates (subject to hydrolysis) is 1. The minimum atomic E-state index is -1.04. The first kappa shape index (κ1) is 31.1. The number of carbonyl (C=O) groups excluding carboxylic acids is 4. The fraction of sp³-hybridized carbons (Fsp3) is 0.267. The van der Waals surface area contributed by atoms with Crippen LogP contribution in [-0.2, 0) is 20.7 Å². The van der Waals surface area contributed by atoms with Crippen LogP contribution in [0.2, 0.25) is 0 Å². The SMILES string of the molecule is CC(OC(=O)NCCc1ccc(OC(=O)c2ccccc2)c(OC(=O)c2ccccc2)c1)OC(=O)C1CCCN1.Cl. The molecule has 1 amide bonds. The summed E-state index contributed by atoms with van der Waals surface area (Å²) in [4.78, 5) is 49.6. The van der Waals surface area contributed by atoms with Crippen molar-refractivity contribution < 1.29 is 38.1 Å². The fourth-order valence-corrected chi connectivity index (χ4v) is 3.99. The van der Waals surface area contributed by atoms with E-state index in [2.05, 4.69) is 10.6 Å². The second-order valence-electron chi connectivity index (χ2n) is 9.03. The molecule has 1 aliphatic rings. The van der Waals surface area contributed by atoms with Crippen LogP contribution >= 0.6 is 12.4 Å². The van der Waals surface area contributed by atoms with Gasteiger partial charge >= 0.3 is 24.0 Å². The molecule has 3 aromatic rings. The summed E-state index contributed by atoms with van der Waals surface area (Å²) in [5.74, 6) is -1.55. The van der Waals surface area contributed by atoms with Crippen LogP contribution in [-0.4, -0.2) is 49.4 Å². The topological polar surface area (TPSA) is 129 Å². The van der Waals surface area contributed by atoms with Gasteiger partial charge in [0.1, 0.15) is 6.04 Å². The molecule has 4 rings (SSSR count). The third-order valence-corrected chi connectivity index (χ3v) is 6.02. The molecule has 1 aliphatic heterocycles. The number of carbonyl (C=O) groups is 4. The van der Waals surface area contributed by atoms with Crippen LogP contribution in [0.1, 0.15) is 46.0 Å². The molecule has 2 unspecified atom stereocenters. The molecule has 0 saturated carbocycles. The third kappa shape index (κ3) is 9.33. The maximum absolute atomic E-state index is 12.7. The first-order chi connectivity index (χ1) is 19.4. The van der Waals surface area contributed by atoms with Gasteiger partial charge in [-0.3, -0.25) is 4.79 Å². The fourth-order valence-electron chi connectivity index (χ4n) is 3.99. The highest BCUT2D eigenvalue weighted by molar-refractivity contribution is 5.93. The lowest BCUT2D eigenvalue weighted by Crippen LogP contribution is -2.37. The van der Waals surface area contributed by atoms with E-state index in [-0.39, 0.29) is 36.5 Å². The highest BCUT2D eigenvalue weighted by atomic mass is 35.5. The van der Waals surface area contributed by atoms with Crippen molar-refractivity contribution >= 4 is 36.4 Å². The molecule has 0 radical (unpaired) electrons. The van der Waals surface area contributed by atoms with Gasteiger partial charge in [0.15, 0.2) is 11.5 Å². The molecule has 0 bridgehead atoms. The van der Waals surface area contributed by atoms with Crippen LogP contribution < -0.4 is 20.1 Å². The number of esters is 3. The zero-order valence-corrected chi connectivity index (χ0v) is 23.2. The Morgan fingerprint density at radius 3 is 2.05 bits per heavy atom. The quantitative estimate of drug-likeness (QED) is 0.202. The van der Waals surface area contributed by atoms with Crippen molar-refractivity contribution in [3.05, 3.63) is 95.6 Å². The number of hydrogen-bond donors (Lipinski definition) is 2. The molecule has 0 aromatic heterocycles. The average Bonchev–Trinajstić information content (AvgIpc) is 3.51. The zero-order chi connectivity index (χ0) is 28.3. The Morgan fingerprint density at radius 1 is 0.854 bits per heavy atom. The lowest BCUT2D eigenvalue weighted by atomic mass is 10.1. The van der Waals surface area contributed by atoms with Crippen LogP contribution in [0.15, 0.2) is 78.9 Å². The maximum Gasteiger partial charge on any atom is 0.410 e. The molecule has 0 spiro atoms. The minimum Gasteiger partial charge on any atom is -0.424 e. The van der Waals surface area contributed by atoms with E-state index in [1.807, 2.05) is 0 Å². The Bertz CT molecular complexity index is 1330. The van der Waals surface area contributed by atoms with E-state index in [9.17, 15) is 19.2 Å². The molecule has 11 heteroatoms. The molecule has 2 N–H and O–H groups in total. The lowest BCUT2D eigenvalue weighted by Gasteiger charge is -2.17. The van der Waals surface area contributed by atoms with Crippen LogP contribution in [0.5, 0.6) is 11.5 Å². The normalized spacial score (nSPS) is 14.6. The maximum atomic E-state index is 12.7. The summed E-state index contributed by atoms with van der Waals surface area (Å²) in [5, 5.41) is 5.62. The van der Waals surface area contributed by atoms with Gasteiger partial charge in [0, 0.05) is 13.5 Å². The summed E-state index contributed by atoms with van der Waals surface area (Å²) in [6, 6.07) is 21.3. The highest BCUT2D eigenvalue weighted by Gasteiger charge is 2.26. The van der Waals surface area contributed by atoms with Gasteiger partial charge in [0.05, 0.1) is 11.1 Å². The van der Waals surface area contributed by atoms with Crippen molar-refractivity contribution in [3.8, 4) is 11.5 Å². The Hall–Kier alpha value is -4.41. The van der Waals surface area contributed by atoms with Crippen LogP contribution in [0.25, 0.3) is 0 Å². The molecule has 1 heterocycles. The van der Waals surface area contributed by atoms with Gasteiger partial charge in [-0.05, 0) is 67.8 Å². The van der Waals surface area contributed by atoms with E-state index in [0.717, 1.165) is 13.0 Å². The second-order valence-corrected chi connectivity index (χ2v) is 9.03. The minimum absolute atomic E-state index is 0. The van der Waals surface area contributed by atoms with Crippen LogP contribution in [0, 0.1) is 0 Å². The van der Waals surface area contributed by atoms with Crippen LogP contribution in [0.4, 0.5) is 4.79 Å². The van der Waals surface area contributed by atoms with Crippen LogP contribution in [0.3, 0.4) is 0 Å². The lowest BCUT2D eigenvalue weighted by molar-refractivity contribution is -0.167. The van der Waals surface area contributed by atoms with Gasteiger partial charge in [-0.1, -0.05) is 42.5 Å². The van der Waals surface area contributed by atoms with Crippen molar-refractivity contribution in [2.24, 2.45) is 0 Å². The first-order valence-corrected chi connectivity index (χ1v) is 12.9. The van der Waals surface area contributed by atoms with Crippen molar-refractivity contribution in [2.75, 3.05) is 13.1 Å². The summed E-state index contributed by atoms with van der Waals surface area (Å²) >= 11 is 0. The molecular weight excluding hydrogens is 552 g/mol. The predicted octanol–water partition coefficient (Wildman–Crippen LogP) is 4.46. The molecule has 1 fully saturated rings. The highest BCUT2D eigenvalue weighted by Crippen LogP contribution is 2.30.